The summed E-state index contributed by atoms with van der Waals surface area (Å²) in [6.45, 7) is 1.95. The molecule has 0 aliphatic carbocycles. The maximum Gasteiger partial charge on any atom is 0.0844 e. The van der Waals surface area contributed by atoms with Gasteiger partial charge in [-0.05, 0) is 6.42 Å². The molecule has 0 aromatic carbocycles. The van der Waals surface area contributed by atoms with Crippen LogP contribution in [0.5, 0.6) is 0 Å². The zero-order valence-electron chi connectivity index (χ0n) is 4.63. The zero-order valence-corrected chi connectivity index (χ0v) is 5.39. The molecule has 0 amide bonds. The molecule has 0 aliphatic rings. The van der Waals surface area contributed by atoms with Crippen molar-refractivity contribution in [3.05, 3.63) is 11.1 Å². The van der Waals surface area contributed by atoms with Crippen molar-refractivity contribution >= 4 is 17.8 Å². The topological polar surface area (TPSA) is 32.6 Å². The van der Waals surface area contributed by atoms with Crippen LogP contribution in [0, 0.1) is 0 Å². The Morgan fingerprint density at radius 3 is 2.88 bits per heavy atom. The molecule has 1 N–H and O–H groups in total. The molecule has 0 unspecified atom stereocenters. The van der Waals surface area contributed by atoms with Gasteiger partial charge in [-0.15, -0.1) is 0 Å². The molecule has 3 heteroatoms. The summed E-state index contributed by atoms with van der Waals surface area (Å²) in [5.74, 6) is 0. The van der Waals surface area contributed by atoms with E-state index in [1.807, 2.05) is 6.92 Å². The van der Waals surface area contributed by atoms with Crippen molar-refractivity contribution in [1.82, 2.24) is 0 Å². The molecule has 0 rings (SSSR count). The van der Waals surface area contributed by atoms with Crippen molar-refractivity contribution in [2.24, 2.45) is 5.16 Å². The fourth-order valence-electron chi connectivity index (χ4n) is 0.303. The van der Waals surface area contributed by atoms with Crippen LogP contribution in [-0.4, -0.2) is 11.4 Å². The van der Waals surface area contributed by atoms with Gasteiger partial charge in [-0.25, -0.2) is 0 Å². The fraction of sp³-hybridized carbons (Fsp3) is 0.400. The van der Waals surface area contributed by atoms with E-state index >= 15 is 0 Å². The van der Waals surface area contributed by atoms with Gasteiger partial charge in [-0.3, -0.25) is 0 Å². The molecule has 0 saturated heterocycles. The highest BCUT2D eigenvalue weighted by molar-refractivity contribution is 6.39. The van der Waals surface area contributed by atoms with Crippen molar-refractivity contribution in [3.63, 3.8) is 0 Å². The Morgan fingerprint density at radius 2 is 2.50 bits per heavy atom. The van der Waals surface area contributed by atoms with Gasteiger partial charge in [-0.2, -0.15) is 0 Å². The smallest absolute Gasteiger partial charge is 0.0844 e. The van der Waals surface area contributed by atoms with E-state index in [4.69, 9.17) is 16.8 Å². The first-order valence-corrected chi connectivity index (χ1v) is 2.72. The van der Waals surface area contributed by atoms with E-state index in [1.165, 1.54) is 6.21 Å². The molecule has 0 aromatic heterocycles. The van der Waals surface area contributed by atoms with Gasteiger partial charge in [0, 0.05) is 0 Å². The van der Waals surface area contributed by atoms with Crippen LogP contribution in [0.1, 0.15) is 13.3 Å². The van der Waals surface area contributed by atoms with Gasteiger partial charge in [0.2, 0.25) is 0 Å². The minimum atomic E-state index is 0.468. The second kappa shape index (κ2) is 4.65. The van der Waals surface area contributed by atoms with Crippen LogP contribution >= 0.6 is 11.6 Å². The van der Waals surface area contributed by atoms with Crippen molar-refractivity contribution in [2.45, 2.75) is 13.3 Å². The summed E-state index contributed by atoms with van der Waals surface area (Å²) in [6.07, 6.45) is 3.79. The van der Waals surface area contributed by atoms with E-state index in [-0.39, 0.29) is 0 Å². The van der Waals surface area contributed by atoms with Crippen LogP contribution in [0.4, 0.5) is 0 Å². The minimum absolute atomic E-state index is 0.468. The van der Waals surface area contributed by atoms with Gasteiger partial charge in [0.1, 0.15) is 0 Å². The third-order valence-electron chi connectivity index (χ3n) is 0.580. The molecule has 8 heavy (non-hydrogen) atoms. The highest BCUT2D eigenvalue weighted by Gasteiger charge is 1.79. The van der Waals surface area contributed by atoms with E-state index in [0.29, 0.717) is 5.03 Å². The summed E-state index contributed by atoms with van der Waals surface area (Å²) in [5, 5.41) is 11.1. The van der Waals surface area contributed by atoms with Crippen LogP contribution < -0.4 is 0 Å². The fourth-order valence-corrected chi connectivity index (χ4v) is 0.501. The van der Waals surface area contributed by atoms with Crippen molar-refractivity contribution in [1.29, 1.82) is 0 Å². The Kier molecular flexibility index (Phi) is 4.36. The van der Waals surface area contributed by atoms with Gasteiger partial charge >= 0.3 is 0 Å². The van der Waals surface area contributed by atoms with Crippen LogP contribution in [-0.2, 0) is 0 Å². The van der Waals surface area contributed by atoms with Crippen molar-refractivity contribution in [2.75, 3.05) is 0 Å². The molecular weight excluding hydrogens is 126 g/mol. The largest absolute Gasteiger partial charge is 0.411 e. The van der Waals surface area contributed by atoms with Gasteiger partial charge in [0.15, 0.2) is 0 Å². The number of nitrogens with zero attached hydrogens (tertiary/aromatic N) is 1. The molecule has 0 aliphatic heterocycles. The normalized spacial score (nSPS) is 13.0. The lowest BCUT2D eigenvalue weighted by Crippen LogP contribution is -1.71. The molecule has 0 bridgehead atoms. The van der Waals surface area contributed by atoms with Gasteiger partial charge in [0.05, 0.1) is 11.2 Å². The van der Waals surface area contributed by atoms with Crippen LogP contribution in [0.2, 0.25) is 0 Å². The number of halogens is 1. The first kappa shape index (κ1) is 7.50. The van der Waals surface area contributed by atoms with Gasteiger partial charge < -0.3 is 5.21 Å². The number of oxime groups is 1. The Hall–Kier alpha value is -0.500. The molecular formula is C5H8ClNO. The Labute approximate surface area is 53.5 Å². The Morgan fingerprint density at radius 1 is 1.88 bits per heavy atom. The maximum absolute atomic E-state index is 7.91. The van der Waals surface area contributed by atoms with Crippen LogP contribution in [0.25, 0.3) is 0 Å². The van der Waals surface area contributed by atoms with E-state index in [1.54, 1.807) is 6.08 Å². The van der Waals surface area contributed by atoms with Crippen molar-refractivity contribution < 1.29 is 5.21 Å². The van der Waals surface area contributed by atoms with Crippen molar-refractivity contribution in [3.8, 4) is 0 Å². The Balaban J connectivity index is 3.61. The molecule has 0 aromatic rings. The number of allylic oxidation sites excluding steroid dienone is 2. The number of hydrogen-bond acceptors (Lipinski definition) is 2. The first-order chi connectivity index (χ1) is 3.81. The molecule has 2 nitrogen and oxygen atoms in total. The Bertz CT molecular complexity index is 109. The number of rotatable bonds is 2. The molecule has 0 saturated carbocycles. The third-order valence-corrected chi connectivity index (χ3v) is 0.832. The minimum Gasteiger partial charge on any atom is -0.411 e. The summed E-state index contributed by atoms with van der Waals surface area (Å²) >= 11 is 5.43. The quantitative estimate of drug-likeness (QED) is 0.349. The first-order valence-electron chi connectivity index (χ1n) is 2.34. The number of hydrogen-bond donors (Lipinski definition) is 1. The maximum atomic E-state index is 7.91. The predicted octanol–water partition coefficient (Wildman–Crippen LogP) is 1.98. The lowest BCUT2D eigenvalue weighted by Gasteiger charge is -1.80. The SMILES string of the molecule is CC/C=C(Cl)\C=N/O. The summed E-state index contributed by atoms with van der Waals surface area (Å²) < 4.78 is 0. The average Bonchev–Trinajstić information content (AvgIpc) is 1.68. The van der Waals surface area contributed by atoms with Crippen LogP contribution in [0.15, 0.2) is 16.3 Å². The molecule has 0 fully saturated rings. The summed E-state index contributed by atoms with van der Waals surface area (Å²) in [7, 11) is 0. The summed E-state index contributed by atoms with van der Waals surface area (Å²) in [6, 6.07) is 0. The molecule has 0 spiro atoms. The highest BCUT2D eigenvalue weighted by atomic mass is 35.5. The molecule has 0 heterocycles. The lowest BCUT2D eigenvalue weighted by atomic mass is 10.4. The summed E-state index contributed by atoms with van der Waals surface area (Å²) in [4.78, 5) is 0. The molecule has 0 atom stereocenters. The second-order valence-corrected chi connectivity index (χ2v) is 1.68. The summed E-state index contributed by atoms with van der Waals surface area (Å²) in [5.41, 5.74) is 0. The second-order valence-electron chi connectivity index (χ2n) is 1.24. The van der Waals surface area contributed by atoms with E-state index in [9.17, 15) is 0 Å². The highest BCUT2D eigenvalue weighted by Crippen LogP contribution is 1.97. The van der Waals surface area contributed by atoms with Gasteiger partial charge in [-0.1, -0.05) is 29.8 Å². The standard InChI is InChI=1S/C5H8ClNO/c1-2-3-5(6)4-7-8/h3-4,8H,2H2,1H3/b5-3+,7-4-. The monoisotopic (exact) mass is 133 g/mol. The zero-order chi connectivity index (χ0) is 6.41. The van der Waals surface area contributed by atoms with Gasteiger partial charge in [0.25, 0.3) is 0 Å². The van der Waals surface area contributed by atoms with E-state index in [0.717, 1.165) is 6.42 Å². The van der Waals surface area contributed by atoms with E-state index < -0.39 is 0 Å². The molecule has 0 radical (unpaired) electrons. The molecule has 46 valence electrons. The average molecular weight is 134 g/mol. The third kappa shape index (κ3) is 3.68. The lowest BCUT2D eigenvalue weighted by molar-refractivity contribution is 0.322. The predicted molar refractivity (Wildman–Crippen MR) is 34.5 cm³/mol. The van der Waals surface area contributed by atoms with Crippen LogP contribution in [0.3, 0.4) is 0 Å². The van der Waals surface area contributed by atoms with E-state index in [2.05, 4.69) is 5.16 Å².